The van der Waals surface area contributed by atoms with Crippen molar-refractivity contribution in [1.82, 2.24) is 0 Å². The van der Waals surface area contributed by atoms with Crippen molar-refractivity contribution in [3.8, 4) is 23.0 Å². The van der Waals surface area contributed by atoms with E-state index in [2.05, 4.69) is 391 Å². The van der Waals surface area contributed by atoms with E-state index in [4.69, 9.17) is 17.7 Å². The molecule has 658 valence electrons. The molecule has 2 fully saturated rings. The number of halogens is 2. The molecule has 8 aromatic carbocycles. The zero-order valence-corrected chi connectivity index (χ0v) is 89.3. The van der Waals surface area contributed by atoms with Crippen LogP contribution in [0.2, 0.25) is 96.6 Å². The Morgan fingerprint density at radius 2 is 0.457 bits per heavy atom. The van der Waals surface area contributed by atoms with Crippen LogP contribution < -0.4 is 17.7 Å². The van der Waals surface area contributed by atoms with Gasteiger partial charge >= 0.3 is 624 Å². The van der Waals surface area contributed by atoms with E-state index in [1.807, 2.05) is 0 Å². The number of hydrogen-bond acceptors (Lipinski definition) is 4. The molecule has 0 aromatic heterocycles. The molecule has 8 aliphatic carbocycles. The maximum absolute atomic E-state index is 12.2. The van der Waals surface area contributed by atoms with Gasteiger partial charge in [-0.05, 0) is 72.5 Å². The Morgan fingerprint density at radius 1 is 0.268 bits per heavy atom. The molecule has 2 aliphatic heterocycles. The number of allylic oxidation sites excluding steroid dienone is 32. The monoisotopic (exact) mass is 1900 g/mol. The van der Waals surface area contributed by atoms with E-state index in [1.165, 1.54) is 132 Å². The first-order valence-electron chi connectivity index (χ1n) is 49.3. The van der Waals surface area contributed by atoms with Crippen molar-refractivity contribution in [3.05, 3.63) is 356 Å². The summed E-state index contributed by atoms with van der Waals surface area (Å²) in [7, 11) is 11.0. The topological polar surface area (TPSA) is 36.9 Å². The van der Waals surface area contributed by atoms with E-state index in [9.17, 15) is 17.0 Å². The van der Waals surface area contributed by atoms with Gasteiger partial charge in [-0.3, -0.25) is 0 Å². The quantitative estimate of drug-likeness (QED) is 0.0458. The maximum atomic E-state index is 12.2. The van der Waals surface area contributed by atoms with E-state index in [-0.39, 0.29) is 23.7 Å². The summed E-state index contributed by atoms with van der Waals surface area (Å²) in [5, 5.41) is 9.72. The summed E-state index contributed by atoms with van der Waals surface area (Å²) in [5.41, 5.74) is 22.1. The minimum atomic E-state index is -8.05. The molecule has 0 amide bonds. The molecule has 4 nitrogen and oxygen atoms in total. The molecule has 18 rings (SSSR count). The van der Waals surface area contributed by atoms with Gasteiger partial charge in [-0.25, -0.2) is 0 Å². The van der Waals surface area contributed by atoms with Crippen molar-refractivity contribution in [1.29, 1.82) is 0 Å². The SMILES string of the molecule is CCC1=CC2=C(C=CC=CC2c2ccc3cc(O[Si](CC)(CC)CC)ccc3c2)[C]12[SiH](C)[C]1(C(CC)=CC3=C1C=CC=CC3c1ccc3cc(O[Si](CC)(CC)CC)ccc3c1)[Zr]21([Cl])([Cl])[C]2(C(CC)=CC3=C2C=CC=CC3c2ccc3cc(O[Si](CC)(CC)CC)ccc3c2)[SiH](C)[C]12C(CC)=CC1=C2C=CC=CC1c1ccc2cc(O[Si](CC)(CC)CC)ccc2c1. The predicted octanol–water partition coefficient (Wildman–Crippen LogP) is 34.4. The van der Waals surface area contributed by atoms with Crippen molar-refractivity contribution in [2.75, 3.05) is 0 Å². The third-order valence-electron chi connectivity index (χ3n) is 35.9. The predicted molar refractivity (Wildman–Crippen MR) is 561 cm³/mol. The van der Waals surface area contributed by atoms with Crippen LogP contribution in [0.3, 0.4) is 0 Å². The summed E-state index contributed by atoms with van der Waals surface area (Å²) in [4.78, 5) is 0. The first-order chi connectivity index (χ1) is 61.4. The van der Waals surface area contributed by atoms with Crippen LogP contribution in [0.1, 0.15) is 182 Å². The molecule has 0 radical (unpaired) electrons. The molecule has 2 heterocycles. The molecule has 10 aliphatic rings. The van der Waals surface area contributed by atoms with E-state index >= 15 is 0 Å². The summed E-state index contributed by atoms with van der Waals surface area (Å²) in [6, 6.07) is 70.2. The van der Waals surface area contributed by atoms with Crippen LogP contribution >= 0.6 is 17.0 Å². The van der Waals surface area contributed by atoms with E-state index in [0.717, 1.165) is 121 Å². The van der Waals surface area contributed by atoms with E-state index in [1.54, 1.807) is 0 Å². The Balaban J connectivity index is 0.948. The fraction of sp³-hybridized carbons (Fsp3) is 0.368. The van der Waals surface area contributed by atoms with Crippen LogP contribution in [0.5, 0.6) is 23.0 Å². The van der Waals surface area contributed by atoms with Gasteiger partial charge in [0.05, 0.1) is 0 Å². The van der Waals surface area contributed by atoms with Gasteiger partial charge in [-0.2, -0.15) is 0 Å². The van der Waals surface area contributed by atoms with Crippen molar-refractivity contribution in [2.45, 2.75) is 257 Å². The van der Waals surface area contributed by atoms with Gasteiger partial charge in [0.1, 0.15) is 0 Å². The van der Waals surface area contributed by atoms with Crippen LogP contribution in [-0.2, 0) is 14.9 Å². The van der Waals surface area contributed by atoms with Crippen molar-refractivity contribution >= 4 is 111 Å². The molecule has 0 saturated carbocycles. The molecule has 0 bridgehead atoms. The van der Waals surface area contributed by atoms with Gasteiger partial charge in [-0.15, -0.1) is 0 Å². The second-order valence-corrected chi connectivity index (χ2v) is 97.8. The standard InChI is InChI=1S/2C57H68O2Si3.2ClH.Zr/c2*1-10-40-38-54-50(46-28-26-44-36-48(32-30-42(44)34-46)58-61(12-3,13-4)14-5)22-18-20-24-52(54)56(40)60(9)57-41(11-2)39-55-51(23-19-21-25-53(55)57)47-29-27-45-37-49(33-31-43(45)35-47)59-62(15-6,16-7)17-8;;;/h2*18-39,50-51,60H,10-17H2,1-9H3;2*1H;/q;;;;+2/p-2. The molecular weight excluding hydrogens is 1760 g/mol. The van der Waals surface area contributed by atoms with Gasteiger partial charge in [-0.1, -0.05) is 83.1 Å². The molecule has 8 unspecified atom stereocenters. The fourth-order valence-corrected chi connectivity index (χ4v) is 163. The molecule has 0 N–H and O–H groups in total. The Morgan fingerprint density at radius 3 is 0.646 bits per heavy atom. The molecule has 8 atom stereocenters. The second-order valence-electron chi connectivity index (χ2n) is 39.2. The Labute approximate surface area is 772 Å². The Hall–Kier alpha value is -7.40. The third-order valence-corrected chi connectivity index (χ3v) is 138. The van der Waals surface area contributed by atoms with Crippen LogP contribution in [0.15, 0.2) is 334 Å². The molecule has 13 heteroatoms. The van der Waals surface area contributed by atoms with Gasteiger partial charge in [0.2, 0.25) is 0 Å². The van der Waals surface area contributed by atoms with Crippen LogP contribution in [0.25, 0.3) is 43.1 Å². The summed E-state index contributed by atoms with van der Waals surface area (Å²) in [5.74, 6) is 3.52. The van der Waals surface area contributed by atoms with Gasteiger partial charge in [0.15, 0.2) is 0 Å². The molecular formula is C114H136Cl2O4Si6Zr. The fourth-order valence-electron chi connectivity index (χ4n) is 29.4. The van der Waals surface area contributed by atoms with Gasteiger partial charge < -0.3 is 0 Å². The third kappa shape index (κ3) is 11.9. The summed E-state index contributed by atoms with van der Waals surface area (Å²) in [6.07, 6.45) is 54.3. The Kier molecular flexibility index (Phi) is 23.7. The minimum absolute atomic E-state index is 0.114. The summed E-state index contributed by atoms with van der Waals surface area (Å²) in [6.45, 7) is 43.7. The van der Waals surface area contributed by atoms with Gasteiger partial charge in [0.25, 0.3) is 0 Å². The second kappa shape index (κ2) is 33.4. The van der Waals surface area contributed by atoms with E-state index in [0.29, 0.717) is 0 Å². The first kappa shape index (κ1) is 90.2. The molecule has 8 aromatic rings. The number of rotatable bonds is 28. The zero-order chi connectivity index (χ0) is 89.3. The van der Waals surface area contributed by atoms with E-state index < -0.39 is 76.8 Å². The Bertz CT molecular complexity index is 5610. The molecule has 2 saturated heterocycles. The average Bonchev–Trinajstić information content (AvgIpc) is 1.49. The number of fused-ring (bicyclic) bond motifs is 12. The van der Waals surface area contributed by atoms with Crippen LogP contribution in [0, 0.1) is 0 Å². The van der Waals surface area contributed by atoms with Crippen molar-refractivity contribution in [3.63, 3.8) is 0 Å². The van der Waals surface area contributed by atoms with Crippen LogP contribution in [0.4, 0.5) is 0 Å². The normalized spacial score (nSPS) is 26.9. The summed E-state index contributed by atoms with van der Waals surface area (Å²) >= 11 is -8.05. The van der Waals surface area contributed by atoms with Crippen molar-refractivity contribution in [2.24, 2.45) is 0 Å². The van der Waals surface area contributed by atoms with Gasteiger partial charge in [0, 0.05) is 0 Å². The first-order valence-corrected chi connectivity index (χ1v) is 75.3. The number of hydrogen-bond donors (Lipinski definition) is 0. The molecule has 127 heavy (non-hydrogen) atoms. The zero-order valence-electron chi connectivity index (χ0n) is 79.1. The number of benzene rings is 8. The molecule has 5 spiro atoms. The van der Waals surface area contributed by atoms with Crippen LogP contribution in [-0.4, -0.2) is 50.9 Å². The van der Waals surface area contributed by atoms with Crippen molar-refractivity contribution < 1.29 is 32.6 Å². The average molecular weight is 1900 g/mol. The summed E-state index contributed by atoms with van der Waals surface area (Å²) < 4.78 is 25.4.